The van der Waals surface area contributed by atoms with E-state index in [-0.39, 0.29) is 10.6 Å². The van der Waals surface area contributed by atoms with E-state index in [0.717, 1.165) is 24.4 Å². The van der Waals surface area contributed by atoms with Gasteiger partial charge in [-0.15, -0.1) is 0 Å². The fraction of sp³-hybridized carbons (Fsp3) is 0.600. The quantitative estimate of drug-likeness (QED) is 0.636. The van der Waals surface area contributed by atoms with Gasteiger partial charge in [-0.1, -0.05) is 44.2 Å². The molecule has 1 saturated carbocycles. The van der Waals surface area contributed by atoms with Crippen LogP contribution in [0.15, 0.2) is 18.2 Å². The highest BCUT2D eigenvalue weighted by Gasteiger charge is 2.16. The van der Waals surface area contributed by atoms with E-state index in [2.05, 4.69) is 5.32 Å². The second-order valence-corrected chi connectivity index (χ2v) is 5.45. The van der Waals surface area contributed by atoms with Gasteiger partial charge in [0, 0.05) is 12.6 Å². The highest BCUT2D eigenvalue weighted by Crippen LogP contribution is 2.29. The predicted octanol–water partition coefficient (Wildman–Crippen LogP) is 4.29. The first-order valence-electron chi connectivity index (χ1n) is 7.16. The van der Waals surface area contributed by atoms with E-state index in [0.29, 0.717) is 5.69 Å². The molecule has 4 heteroatoms. The topological polar surface area (TPSA) is 55.2 Å². The Morgan fingerprint density at radius 1 is 1.32 bits per heavy atom. The maximum Gasteiger partial charge on any atom is 0.292 e. The van der Waals surface area contributed by atoms with Crippen molar-refractivity contribution in [2.24, 2.45) is 5.92 Å². The fourth-order valence-electron chi connectivity index (χ4n) is 2.91. The van der Waals surface area contributed by atoms with Crippen molar-refractivity contribution >= 4 is 11.4 Å². The van der Waals surface area contributed by atoms with E-state index < -0.39 is 0 Å². The summed E-state index contributed by atoms with van der Waals surface area (Å²) in [7, 11) is 0. The molecule has 4 nitrogen and oxygen atoms in total. The van der Waals surface area contributed by atoms with Crippen LogP contribution in [-0.2, 0) is 0 Å². The van der Waals surface area contributed by atoms with Gasteiger partial charge < -0.3 is 5.32 Å². The molecule has 1 N–H and O–H groups in total. The zero-order chi connectivity index (χ0) is 13.7. The van der Waals surface area contributed by atoms with Crippen molar-refractivity contribution in [2.45, 2.75) is 45.4 Å². The van der Waals surface area contributed by atoms with Gasteiger partial charge in [0.25, 0.3) is 5.69 Å². The van der Waals surface area contributed by atoms with Crippen molar-refractivity contribution in [3.63, 3.8) is 0 Å². The number of nitro groups is 1. The highest BCUT2D eigenvalue weighted by molar-refractivity contribution is 5.65. The molecule has 0 radical (unpaired) electrons. The SMILES string of the molecule is Cc1cccc([N+](=O)[O-])c1NCCC1CCCCC1. The number of hydrogen-bond donors (Lipinski definition) is 1. The van der Waals surface area contributed by atoms with Gasteiger partial charge in [-0.3, -0.25) is 10.1 Å². The molecule has 19 heavy (non-hydrogen) atoms. The molecule has 0 bridgehead atoms. The summed E-state index contributed by atoms with van der Waals surface area (Å²) < 4.78 is 0. The van der Waals surface area contributed by atoms with Crippen molar-refractivity contribution in [3.8, 4) is 0 Å². The van der Waals surface area contributed by atoms with Gasteiger partial charge in [-0.25, -0.2) is 0 Å². The standard InChI is InChI=1S/C15H22N2O2/c1-12-6-5-9-14(17(18)19)15(12)16-11-10-13-7-3-2-4-8-13/h5-6,9,13,16H,2-4,7-8,10-11H2,1H3. The summed E-state index contributed by atoms with van der Waals surface area (Å²) >= 11 is 0. The third-order valence-electron chi connectivity index (χ3n) is 4.03. The van der Waals surface area contributed by atoms with Gasteiger partial charge in [0.05, 0.1) is 4.92 Å². The van der Waals surface area contributed by atoms with Gasteiger partial charge in [0.15, 0.2) is 0 Å². The molecule has 0 heterocycles. The Balaban J connectivity index is 1.93. The second-order valence-electron chi connectivity index (χ2n) is 5.45. The number of para-hydroxylation sites is 1. The Morgan fingerprint density at radius 2 is 2.05 bits per heavy atom. The molecular formula is C15H22N2O2. The first-order chi connectivity index (χ1) is 9.18. The molecule has 1 aromatic rings. The van der Waals surface area contributed by atoms with E-state index in [1.165, 1.54) is 32.1 Å². The molecule has 1 aliphatic carbocycles. The number of nitrogens with zero attached hydrogens (tertiary/aromatic N) is 1. The van der Waals surface area contributed by atoms with Crippen molar-refractivity contribution in [3.05, 3.63) is 33.9 Å². The van der Waals surface area contributed by atoms with Crippen LogP contribution in [0.4, 0.5) is 11.4 Å². The highest BCUT2D eigenvalue weighted by atomic mass is 16.6. The molecule has 1 fully saturated rings. The summed E-state index contributed by atoms with van der Waals surface area (Å²) in [6.45, 7) is 2.74. The van der Waals surface area contributed by atoms with Crippen LogP contribution in [0.5, 0.6) is 0 Å². The minimum Gasteiger partial charge on any atom is -0.379 e. The molecule has 0 unspecified atom stereocenters. The van der Waals surface area contributed by atoms with Crippen LogP contribution >= 0.6 is 0 Å². The smallest absolute Gasteiger partial charge is 0.292 e. The summed E-state index contributed by atoms with van der Waals surface area (Å²) in [6.07, 6.45) is 7.80. The Morgan fingerprint density at radius 3 is 2.74 bits per heavy atom. The van der Waals surface area contributed by atoms with Crippen molar-refractivity contribution < 1.29 is 4.92 Å². The summed E-state index contributed by atoms with van der Waals surface area (Å²) in [5.41, 5.74) is 1.81. The number of anilines is 1. The molecule has 0 atom stereocenters. The van der Waals surface area contributed by atoms with Gasteiger partial charge >= 0.3 is 0 Å². The molecule has 0 amide bonds. The number of nitro benzene ring substituents is 1. The van der Waals surface area contributed by atoms with Crippen molar-refractivity contribution in [1.82, 2.24) is 0 Å². The van der Waals surface area contributed by atoms with Crippen molar-refractivity contribution in [2.75, 3.05) is 11.9 Å². The normalized spacial score (nSPS) is 16.3. The number of benzene rings is 1. The van der Waals surface area contributed by atoms with Crippen LogP contribution in [0.1, 0.15) is 44.1 Å². The van der Waals surface area contributed by atoms with E-state index in [1.807, 2.05) is 13.0 Å². The van der Waals surface area contributed by atoms with Crippen LogP contribution in [0, 0.1) is 23.0 Å². The fourth-order valence-corrected chi connectivity index (χ4v) is 2.91. The van der Waals surface area contributed by atoms with E-state index in [9.17, 15) is 10.1 Å². The van der Waals surface area contributed by atoms with Crippen LogP contribution < -0.4 is 5.32 Å². The predicted molar refractivity (Wildman–Crippen MR) is 77.5 cm³/mol. The number of nitrogens with one attached hydrogen (secondary N) is 1. The molecule has 0 aliphatic heterocycles. The lowest BCUT2D eigenvalue weighted by molar-refractivity contribution is -0.384. The van der Waals surface area contributed by atoms with Gasteiger partial charge in [0.2, 0.25) is 0 Å². The van der Waals surface area contributed by atoms with E-state index in [4.69, 9.17) is 0 Å². The number of rotatable bonds is 5. The average Bonchev–Trinajstić information content (AvgIpc) is 2.41. The third-order valence-corrected chi connectivity index (χ3v) is 4.03. The van der Waals surface area contributed by atoms with Crippen molar-refractivity contribution in [1.29, 1.82) is 0 Å². The Hall–Kier alpha value is -1.58. The minimum absolute atomic E-state index is 0.184. The molecule has 104 valence electrons. The largest absolute Gasteiger partial charge is 0.379 e. The van der Waals surface area contributed by atoms with E-state index >= 15 is 0 Å². The maximum absolute atomic E-state index is 11.0. The summed E-state index contributed by atoms with van der Waals surface area (Å²) in [4.78, 5) is 10.7. The van der Waals surface area contributed by atoms with Gasteiger partial charge in [-0.2, -0.15) is 0 Å². The summed E-state index contributed by atoms with van der Waals surface area (Å²) in [5.74, 6) is 0.796. The summed E-state index contributed by atoms with van der Waals surface area (Å²) in [6, 6.07) is 5.21. The lowest BCUT2D eigenvalue weighted by Crippen LogP contribution is -2.13. The number of aryl methyl sites for hydroxylation is 1. The first-order valence-corrected chi connectivity index (χ1v) is 7.16. The first kappa shape index (κ1) is 13.8. The van der Waals surface area contributed by atoms with Crippen LogP contribution in [0.25, 0.3) is 0 Å². The minimum atomic E-state index is -0.310. The monoisotopic (exact) mass is 262 g/mol. The van der Waals surface area contributed by atoms with Gasteiger partial charge in [0.1, 0.15) is 5.69 Å². The molecular weight excluding hydrogens is 240 g/mol. The lowest BCUT2D eigenvalue weighted by Gasteiger charge is -2.21. The van der Waals surface area contributed by atoms with Crippen LogP contribution in [0.2, 0.25) is 0 Å². The molecule has 0 spiro atoms. The zero-order valence-corrected chi connectivity index (χ0v) is 11.5. The molecule has 0 aromatic heterocycles. The summed E-state index contributed by atoms with van der Waals surface area (Å²) in [5, 5.41) is 14.3. The molecule has 1 aromatic carbocycles. The Bertz CT molecular complexity index is 440. The maximum atomic E-state index is 11.0. The lowest BCUT2D eigenvalue weighted by atomic mass is 9.87. The Labute approximate surface area is 114 Å². The average molecular weight is 262 g/mol. The van der Waals surface area contributed by atoms with E-state index in [1.54, 1.807) is 12.1 Å². The van der Waals surface area contributed by atoms with Gasteiger partial charge in [-0.05, 0) is 24.8 Å². The molecule has 2 rings (SSSR count). The molecule has 0 saturated heterocycles. The zero-order valence-electron chi connectivity index (χ0n) is 11.5. The Kier molecular flexibility index (Phi) is 4.77. The van der Waals surface area contributed by atoms with Crippen LogP contribution in [-0.4, -0.2) is 11.5 Å². The molecule has 1 aliphatic rings. The third kappa shape index (κ3) is 3.69. The van der Waals surface area contributed by atoms with Crippen LogP contribution in [0.3, 0.4) is 0 Å². The second kappa shape index (κ2) is 6.55. The number of hydrogen-bond acceptors (Lipinski definition) is 3.